The molecule has 3 aromatic carbocycles. The Morgan fingerprint density at radius 2 is 1.70 bits per heavy atom. The van der Waals surface area contributed by atoms with Gasteiger partial charge in [0.1, 0.15) is 29.4 Å². The van der Waals surface area contributed by atoms with E-state index in [9.17, 15) is 0 Å². The Morgan fingerprint density at radius 3 is 2.34 bits per heavy atom. The van der Waals surface area contributed by atoms with Crippen LogP contribution < -0.4 is 10.1 Å². The number of rotatable bonds is 10. The van der Waals surface area contributed by atoms with Gasteiger partial charge in [-0.25, -0.2) is 15.0 Å². The van der Waals surface area contributed by atoms with E-state index >= 15 is 0 Å². The van der Waals surface area contributed by atoms with Gasteiger partial charge < -0.3 is 15.0 Å². The van der Waals surface area contributed by atoms with Crippen molar-refractivity contribution in [2.75, 3.05) is 12.4 Å². The van der Waals surface area contributed by atoms with Gasteiger partial charge in [-0.15, -0.1) is 0 Å². The molecule has 7 heteroatoms. The van der Waals surface area contributed by atoms with Crippen LogP contribution in [0.5, 0.6) is 11.5 Å². The van der Waals surface area contributed by atoms with Gasteiger partial charge in [-0.1, -0.05) is 97.0 Å². The summed E-state index contributed by atoms with van der Waals surface area (Å²) in [6, 6.07) is 22.2. The predicted molar refractivity (Wildman–Crippen MR) is 205 cm³/mol. The number of aryl methyl sites for hydroxylation is 2. The average Bonchev–Trinajstić information content (AvgIpc) is 3.08. The minimum Gasteiger partial charge on any atom is -0.457 e. The highest BCUT2D eigenvalue weighted by atomic mass is 16.5. The number of hydrogen-bond donors (Lipinski definition) is 1. The molecule has 4 rings (SSSR count). The first-order valence-corrected chi connectivity index (χ1v) is 16.7. The smallest absolute Gasteiger partial charge is 0.160 e. The van der Waals surface area contributed by atoms with E-state index in [4.69, 9.17) is 9.73 Å². The zero-order valence-corrected chi connectivity index (χ0v) is 30.1. The molecule has 0 saturated heterocycles. The van der Waals surface area contributed by atoms with Crippen LogP contribution in [0.3, 0.4) is 0 Å². The minimum absolute atomic E-state index is 0.430. The fraction of sp³-hybridized carbons (Fsp3) is 0.350. The van der Waals surface area contributed by atoms with Crippen LogP contribution in [-0.4, -0.2) is 36.0 Å². The van der Waals surface area contributed by atoms with Gasteiger partial charge in [0, 0.05) is 31.6 Å². The first-order valence-electron chi connectivity index (χ1n) is 16.7. The first-order chi connectivity index (χ1) is 22.7. The predicted octanol–water partition coefficient (Wildman–Crippen LogP) is 11.1. The quantitative estimate of drug-likeness (QED) is 0.226. The minimum atomic E-state index is 0.430. The fourth-order valence-electron chi connectivity index (χ4n) is 4.18. The fourth-order valence-corrected chi connectivity index (χ4v) is 4.18. The van der Waals surface area contributed by atoms with Gasteiger partial charge in [-0.2, -0.15) is 0 Å². The molecule has 1 atom stereocenters. The summed E-state index contributed by atoms with van der Waals surface area (Å²) in [6.45, 7) is 23.5. The Hall–Kier alpha value is -4.78. The lowest BCUT2D eigenvalue weighted by Gasteiger charge is -2.21. The molecule has 1 heterocycles. The van der Waals surface area contributed by atoms with Crippen molar-refractivity contribution in [3.8, 4) is 11.5 Å². The maximum atomic E-state index is 6.26. The normalized spacial score (nSPS) is 14.5. The van der Waals surface area contributed by atoms with Gasteiger partial charge in [0.15, 0.2) is 5.84 Å². The van der Waals surface area contributed by atoms with Gasteiger partial charge in [-0.05, 0) is 74.1 Å². The summed E-state index contributed by atoms with van der Waals surface area (Å²) in [5, 5.41) is 3.42. The molecule has 0 spiro atoms. The van der Waals surface area contributed by atoms with Crippen molar-refractivity contribution in [1.82, 2.24) is 4.90 Å². The van der Waals surface area contributed by atoms with E-state index in [1.165, 1.54) is 18.3 Å². The monoisotopic (exact) mass is 634 g/mol. The highest BCUT2D eigenvalue weighted by molar-refractivity contribution is 6.52. The highest BCUT2D eigenvalue weighted by Crippen LogP contribution is 2.31. The number of nitrogens with one attached hydrogen (secondary N) is 1. The van der Waals surface area contributed by atoms with Crippen molar-refractivity contribution in [1.29, 1.82) is 0 Å². The second kappa shape index (κ2) is 20.4. The molecule has 0 radical (unpaired) electrons. The van der Waals surface area contributed by atoms with Crippen molar-refractivity contribution in [3.05, 3.63) is 108 Å². The second-order valence-electron chi connectivity index (χ2n) is 11.1. The zero-order valence-electron chi connectivity index (χ0n) is 30.1. The van der Waals surface area contributed by atoms with Crippen LogP contribution >= 0.6 is 0 Å². The molecule has 0 bridgehead atoms. The van der Waals surface area contributed by atoms with E-state index in [2.05, 4.69) is 73.6 Å². The Morgan fingerprint density at radius 1 is 1.00 bits per heavy atom. The van der Waals surface area contributed by atoms with Crippen molar-refractivity contribution >= 4 is 35.5 Å². The standard InChI is InChI=1S/C35H40N6O.C3H8.C2H6/c1-8-24(3)21-36-32-20-30(17-15-25(32)4)42-33-18-16-29(19-26(33)5)40-35-34(31(9-2)37-23-38-35)39-27(6)41(7)22-28-13-11-10-12-14-28;1-3-2;1-2/h9-21,23-24H,6,8,22H2,1-5,7H3,(H,37,38,40);3H2,1-2H3;1-2H3/b31-9+,36-21?,39-34+;;. The van der Waals surface area contributed by atoms with Gasteiger partial charge in [0.2, 0.25) is 0 Å². The van der Waals surface area contributed by atoms with Crippen molar-refractivity contribution in [2.45, 2.75) is 81.7 Å². The third-order valence-electron chi connectivity index (χ3n) is 7.03. The Bertz CT molecular complexity index is 1580. The van der Waals surface area contributed by atoms with E-state index in [1.54, 1.807) is 0 Å². The topological polar surface area (TPSA) is 73.9 Å². The van der Waals surface area contributed by atoms with Crippen molar-refractivity contribution < 1.29 is 4.74 Å². The second-order valence-corrected chi connectivity index (χ2v) is 11.1. The molecule has 250 valence electrons. The first kappa shape index (κ1) is 38.4. The molecule has 0 fully saturated rings. The van der Waals surface area contributed by atoms with Gasteiger partial charge >= 0.3 is 0 Å². The van der Waals surface area contributed by atoms with E-state index in [1.807, 2.05) is 107 Å². The highest BCUT2D eigenvalue weighted by Gasteiger charge is 2.19. The SMILES string of the molecule is C=C(/N=C1/C(Nc2ccc(Oc3ccc(C)c(N=CC(C)CC)c3)c(C)c2)=NC=N/C1=C/C)N(C)Cc1ccccc1.CC.CCC. The van der Waals surface area contributed by atoms with Crippen LogP contribution in [0.25, 0.3) is 0 Å². The Kier molecular flexibility index (Phi) is 16.6. The van der Waals surface area contributed by atoms with Crippen LogP contribution in [-0.2, 0) is 6.54 Å². The molecule has 7 nitrogen and oxygen atoms in total. The summed E-state index contributed by atoms with van der Waals surface area (Å²) in [5.41, 5.74) is 6.41. The van der Waals surface area contributed by atoms with Crippen LogP contribution in [0.2, 0.25) is 0 Å². The average molecular weight is 635 g/mol. The lowest BCUT2D eigenvalue weighted by Crippen LogP contribution is -2.28. The van der Waals surface area contributed by atoms with Crippen LogP contribution in [0.15, 0.2) is 111 Å². The molecule has 0 amide bonds. The lowest BCUT2D eigenvalue weighted by molar-refractivity contribution is 0.409. The van der Waals surface area contributed by atoms with Gasteiger partial charge in [0.25, 0.3) is 0 Å². The van der Waals surface area contributed by atoms with Gasteiger partial charge in [0.05, 0.1) is 11.4 Å². The Labute approximate surface area is 283 Å². The molecule has 1 unspecified atom stereocenters. The Balaban J connectivity index is 0.00000145. The molecular formula is C40H54N6O. The lowest BCUT2D eigenvalue weighted by atomic mass is 10.1. The van der Waals surface area contributed by atoms with Crippen LogP contribution in [0.4, 0.5) is 11.4 Å². The van der Waals surface area contributed by atoms with Crippen LogP contribution in [0, 0.1) is 19.8 Å². The summed E-state index contributed by atoms with van der Waals surface area (Å²) in [7, 11) is 1.97. The van der Waals surface area contributed by atoms with Gasteiger partial charge in [-0.3, -0.25) is 4.99 Å². The molecule has 1 N–H and O–H groups in total. The number of ether oxygens (including phenoxy) is 1. The maximum Gasteiger partial charge on any atom is 0.160 e. The van der Waals surface area contributed by atoms with E-state index in [0.29, 0.717) is 29.8 Å². The summed E-state index contributed by atoms with van der Waals surface area (Å²) < 4.78 is 6.26. The third-order valence-corrected chi connectivity index (χ3v) is 7.03. The van der Waals surface area contributed by atoms with Crippen LogP contribution in [0.1, 0.15) is 78.0 Å². The molecule has 0 aliphatic carbocycles. The number of hydrogen-bond acceptors (Lipinski definition) is 7. The molecule has 1 aliphatic rings. The molecule has 3 aromatic rings. The molecular weight excluding hydrogens is 580 g/mol. The summed E-state index contributed by atoms with van der Waals surface area (Å²) in [6.07, 6.45) is 7.77. The van der Waals surface area contributed by atoms with E-state index in [0.717, 1.165) is 46.1 Å². The summed E-state index contributed by atoms with van der Waals surface area (Å²) in [5.74, 6) is 3.17. The molecule has 0 saturated carbocycles. The van der Waals surface area contributed by atoms with E-state index < -0.39 is 0 Å². The molecule has 0 aromatic heterocycles. The number of nitrogens with zero attached hydrogens (tertiary/aromatic N) is 5. The third kappa shape index (κ3) is 12.2. The zero-order chi connectivity index (χ0) is 34.8. The maximum absolute atomic E-state index is 6.26. The number of allylic oxidation sites excluding steroid dienone is 1. The largest absolute Gasteiger partial charge is 0.457 e. The number of anilines is 1. The molecule has 47 heavy (non-hydrogen) atoms. The molecule has 1 aliphatic heterocycles. The van der Waals surface area contributed by atoms with E-state index in [-0.39, 0.29) is 0 Å². The van der Waals surface area contributed by atoms with Crippen molar-refractivity contribution in [3.63, 3.8) is 0 Å². The summed E-state index contributed by atoms with van der Waals surface area (Å²) in [4.78, 5) is 20.5. The number of benzene rings is 3. The van der Waals surface area contributed by atoms with Crippen molar-refractivity contribution in [2.24, 2.45) is 25.9 Å². The number of aliphatic imine (C=N–C) groups is 4. The summed E-state index contributed by atoms with van der Waals surface area (Å²) >= 11 is 0. The number of amidine groups is 1.